The van der Waals surface area contributed by atoms with Gasteiger partial charge in [0.15, 0.2) is 0 Å². The molecule has 0 aromatic heterocycles. The molecule has 0 unspecified atom stereocenters. The van der Waals surface area contributed by atoms with Crippen molar-refractivity contribution in [3.8, 4) is 0 Å². The molecule has 0 N–H and O–H groups in total. The SMILES string of the molecule is Cc1cc(CN2CCN(C(=O)OC(C)(C)C)CC2)c(C)cc1F. The van der Waals surface area contributed by atoms with E-state index in [1.807, 2.05) is 33.8 Å². The van der Waals surface area contributed by atoms with E-state index in [2.05, 4.69) is 4.90 Å². The number of hydrogen-bond donors (Lipinski definition) is 0. The van der Waals surface area contributed by atoms with Crippen molar-refractivity contribution in [3.63, 3.8) is 0 Å². The summed E-state index contributed by atoms with van der Waals surface area (Å²) in [5.41, 5.74) is 2.34. The Morgan fingerprint density at radius 1 is 1.13 bits per heavy atom. The lowest BCUT2D eigenvalue weighted by Gasteiger charge is -2.35. The van der Waals surface area contributed by atoms with Gasteiger partial charge in [0.1, 0.15) is 11.4 Å². The number of piperazine rings is 1. The molecule has 0 aliphatic carbocycles. The zero-order valence-electron chi connectivity index (χ0n) is 14.8. The van der Waals surface area contributed by atoms with Gasteiger partial charge in [0.05, 0.1) is 0 Å². The second kappa shape index (κ2) is 6.87. The smallest absolute Gasteiger partial charge is 0.410 e. The van der Waals surface area contributed by atoms with Crippen LogP contribution >= 0.6 is 0 Å². The summed E-state index contributed by atoms with van der Waals surface area (Å²) in [5, 5.41) is 0. The summed E-state index contributed by atoms with van der Waals surface area (Å²) in [7, 11) is 0. The molecule has 23 heavy (non-hydrogen) atoms. The van der Waals surface area contributed by atoms with E-state index in [9.17, 15) is 9.18 Å². The molecular weight excluding hydrogens is 295 g/mol. The zero-order chi connectivity index (χ0) is 17.2. The van der Waals surface area contributed by atoms with Crippen molar-refractivity contribution in [3.05, 3.63) is 34.6 Å². The summed E-state index contributed by atoms with van der Waals surface area (Å²) in [4.78, 5) is 16.1. The van der Waals surface area contributed by atoms with E-state index >= 15 is 0 Å². The molecule has 5 heteroatoms. The highest BCUT2D eigenvalue weighted by Crippen LogP contribution is 2.18. The van der Waals surface area contributed by atoms with Gasteiger partial charge in [0.2, 0.25) is 0 Å². The Hall–Kier alpha value is -1.62. The first-order valence-corrected chi connectivity index (χ1v) is 8.11. The Labute approximate surface area is 138 Å². The summed E-state index contributed by atoms with van der Waals surface area (Å²) >= 11 is 0. The lowest BCUT2D eigenvalue weighted by molar-refractivity contribution is 0.0139. The number of nitrogens with zero attached hydrogens (tertiary/aromatic N) is 2. The van der Waals surface area contributed by atoms with Crippen molar-refractivity contribution in [1.29, 1.82) is 0 Å². The van der Waals surface area contributed by atoms with Crippen molar-refractivity contribution in [2.45, 2.75) is 46.8 Å². The molecule has 1 aromatic carbocycles. The number of benzene rings is 1. The largest absolute Gasteiger partial charge is 0.444 e. The quantitative estimate of drug-likeness (QED) is 0.835. The van der Waals surface area contributed by atoms with Crippen molar-refractivity contribution in [1.82, 2.24) is 9.80 Å². The first-order chi connectivity index (χ1) is 10.7. The molecule has 0 spiro atoms. The molecule has 2 rings (SSSR count). The second-order valence-corrected chi connectivity index (χ2v) is 7.27. The molecule has 1 saturated heterocycles. The van der Waals surface area contributed by atoms with E-state index in [4.69, 9.17) is 4.74 Å². The molecule has 0 radical (unpaired) electrons. The Morgan fingerprint density at radius 2 is 1.74 bits per heavy atom. The third kappa shape index (κ3) is 4.93. The van der Waals surface area contributed by atoms with E-state index in [1.54, 1.807) is 17.9 Å². The molecular formula is C18H27FN2O2. The highest BCUT2D eigenvalue weighted by molar-refractivity contribution is 5.68. The molecule has 1 aliphatic rings. The highest BCUT2D eigenvalue weighted by Gasteiger charge is 2.26. The number of halogens is 1. The van der Waals surface area contributed by atoms with Crippen LogP contribution in [0, 0.1) is 19.7 Å². The Bertz CT molecular complexity index is 573. The van der Waals surface area contributed by atoms with Crippen LogP contribution in [0.5, 0.6) is 0 Å². The maximum Gasteiger partial charge on any atom is 0.410 e. The first-order valence-electron chi connectivity index (χ1n) is 8.11. The average molecular weight is 322 g/mol. The van der Waals surface area contributed by atoms with Crippen LogP contribution in [-0.2, 0) is 11.3 Å². The fourth-order valence-electron chi connectivity index (χ4n) is 2.67. The Kier molecular flexibility index (Phi) is 5.30. The maximum atomic E-state index is 13.5. The molecule has 1 heterocycles. The monoisotopic (exact) mass is 322 g/mol. The van der Waals surface area contributed by atoms with Crippen LogP contribution in [0.3, 0.4) is 0 Å². The molecule has 0 saturated carbocycles. The molecule has 1 amide bonds. The van der Waals surface area contributed by atoms with E-state index in [1.165, 1.54) is 0 Å². The number of carbonyl (C=O) groups excluding carboxylic acids is 1. The second-order valence-electron chi connectivity index (χ2n) is 7.27. The third-order valence-corrected chi connectivity index (χ3v) is 4.04. The summed E-state index contributed by atoms with van der Waals surface area (Å²) < 4.78 is 18.9. The third-order valence-electron chi connectivity index (χ3n) is 4.04. The first kappa shape index (κ1) is 17.7. The fourth-order valence-corrected chi connectivity index (χ4v) is 2.67. The van der Waals surface area contributed by atoms with Crippen molar-refractivity contribution in [2.24, 2.45) is 0 Å². The minimum absolute atomic E-state index is 0.152. The van der Waals surface area contributed by atoms with Crippen LogP contribution in [0.4, 0.5) is 9.18 Å². The van der Waals surface area contributed by atoms with Gasteiger partial charge >= 0.3 is 6.09 Å². The van der Waals surface area contributed by atoms with E-state index in [0.29, 0.717) is 18.7 Å². The molecule has 1 fully saturated rings. The molecule has 128 valence electrons. The number of rotatable bonds is 2. The predicted molar refractivity (Wildman–Crippen MR) is 89.0 cm³/mol. The number of ether oxygens (including phenoxy) is 1. The Morgan fingerprint density at radius 3 is 2.30 bits per heavy atom. The minimum atomic E-state index is -0.461. The summed E-state index contributed by atoms with van der Waals surface area (Å²) in [5.74, 6) is -0.152. The van der Waals surface area contributed by atoms with Gasteiger partial charge < -0.3 is 9.64 Å². The molecule has 0 atom stereocenters. The van der Waals surface area contributed by atoms with Gasteiger partial charge in [-0.3, -0.25) is 4.90 Å². The topological polar surface area (TPSA) is 32.8 Å². The fraction of sp³-hybridized carbons (Fsp3) is 0.611. The normalized spacial score (nSPS) is 16.5. The van der Waals surface area contributed by atoms with Crippen molar-refractivity contribution >= 4 is 6.09 Å². The van der Waals surface area contributed by atoms with Gasteiger partial charge in [-0.15, -0.1) is 0 Å². The lowest BCUT2D eigenvalue weighted by atomic mass is 10.0. The summed E-state index contributed by atoms with van der Waals surface area (Å²) in [6.07, 6.45) is -0.244. The van der Waals surface area contributed by atoms with Crippen LogP contribution in [-0.4, -0.2) is 47.7 Å². The van der Waals surface area contributed by atoms with Gasteiger partial charge in [0.25, 0.3) is 0 Å². The molecule has 1 aliphatic heterocycles. The zero-order valence-corrected chi connectivity index (χ0v) is 14.8. The van der Waals surface area contributed by atoms with Crippen LogP contribution in [0.2, 0.25) is 0 Å². The number of hydrogen-bond acceptors (Lipinski definition) is 3. The van der Waals surface area contributed by atoms with E-state index in [-0.39, 0.29) is 11.9 Å². The highest BCUT2D eigenvalue weighted by atomic mass is 19.1. The predicted octanol–water partition coefficient (Wildman–Crippen LogP) is 3.50. The Balaban J connectivity index is 1.90. The average Bonchev–Trinajstić information content (AvgIpc) is 2.43. The van der Waals surface area contributed by atoms with Crippen LogP contribution in [0.15, 0.2) is 12.1 Å². The van der Waals surface area contributed by atoms with Crippen molar-refractivity contribution < 1.29 is 13.9 Å². The lowest BCUT2D eigenvalue weighted by Crippen LogP contribution is -2.49. The van der Waals surface area contributed by atoms with Gasteiger partial charge in [0, 0.05) is 32.7 Å². The van der Waals surface area contributed by atoms with Crippen LogP contribution in [0.25, 0.3) is 0 Å². The van der Waals surface area contributed by atoms with Crippen LogP contribution < -0.4 is 0 Å². The molecule has 0 bridgehead atoms. The maximum absolute atomic E-state index is 13.5. The summed E-state index contributed by atoms with van der Waals surface area (Å²) in [6.45, 7) is 13.1. The van der Waals surface area contributed by atoms with Gasteiger partial charge in [-0.1, -0.05) is 6.07 Å². The molecule has 4 nitrogen and oxygen atoms in total. The van der Waals surface area contributed by atoms with Crippen molar-refractivity contribution in [2.75, 3.05) is 26.2 Å². The van der Waals surface area contributed by atoms with E-state index in [0.717, 1.165) is 30.8 Å². The van der Waals surface area contributed by atoms with Gasteiger partial charge in [-0.05, 0) is 57.4 Å². The number of amides is 1. The van der Waals surface area contributed by atoms with Gasteiger partial charge in [-0.25, -0.2) is 9.18 Å². The van der Waals surface area contributed by atoms with E-state index < -0.39 is 5.60 Å². The molecule has 1 aromatic rings. The van der Waals surface area contributed by atoms with Gasteiger partial charge in [-0.2, -0.15) is 0 Å². The minimum Gasteiger partial charge on any atom is -0.444 e. The van der Waals surface area contributed by atoms with Crippen LogP contribution in [0.1, 0.15) is 37.5 Å². The summed E-state index contributed by atoms with van der Waals surface area (Å²) in [6, 6.07) is 3.52. The standard InChI is InChI=1S/C18H27FN2O2/c1-13-11-16(19)14(2)10-15(13)12-20-6-8-21(9-7-20)17(22)23-18(3,4)5/h10-11H,6-9,12H2,1-5H3. The number of carbonyl (C=O) groups is 1. The number of aryl methyl sites for hydroxylation is 2.